The number of nitrogens with one attached hydrogen (secondary N) is 1. The monoisotopic (exact) mass is 619 g/mol. The molecule has 1 aliphatic carbocycles. The van der Waals surface area contributed by atoms with Gasteiger partial charge in [0.25, 0.3) is 0 Å². The van der Waals surface area contributed by atoms with E-state index in [-0.39, 0.29) is 0 Å². The summed E-state index contributed by atoms with van der Waals surface area (Å²) in [6.07, 6.45) is 6.86. The van der Waals surface area contributed by atoms with E-state index in [0.29, 0.717) is 11.8 Å². The number of nitrogens with zero attached hydrogens (tertiary/aromatic N) is 2. The molecule has 8 aromatic rings. The van der Waals surface area contributed by atoms with E-state index in [2.05, 4.69) is 185 Å². The van der Waals surface area contributed by atoms with Crippen LogP contribution in [0.1, 0.15) is 18.1 Å². The Balaban J connectivity index is 1.09. The van der Waals surface area contributed by atoms with Crippen LogP contribution in [0, 0.1) is 11.8 Å². The van der Waals surface area contributed by atoms with Crippen molar-refractivity contribution in [1.82, 2.24) is 14.5 Å². The summed E-state index contributed by atoms with van der Waals surface area (Å²) in [7, 11) is 0. The Morgan fingerprint density at radius 2 is 1.15 bits per heavy atom. The Morgan fingerprint density at radius 3 is 1.85 bits per heavy atom. The Kier molecular flexibility index (Phi) is 7.06. The van der Waals surface area contributed by atoms with Crippen molar-refractivity contribution >= 4 is 49.2 Å². The van der Waals surface area contributed by atoms with Crippen LogP contribution in [0.4, 0.5) is 0 Å². The van der Waals surface area contributed by atoms with Gasteiger partial charge in [0, 0.05) is 46.0 Å². The minimum Gasteiger partial charge on any atom is -0.312 e. The molecule has 0 fully saturated rings. The first-order valence-electron chi connectivity index (χ1n) is 17.0. The predicted octanol–water partition coefficient (Wildman–Crippen LogP) is 10.9. The summed E-state index contributed by atoms with van der Waals surface area (Å²) < 4.78 is 4.86. The lowest BCUT2D eigenvalue weighted by Gasteiger charge is -2.27. The highest BCUT2D eigenvalue weighted by molar-refractivity contribution is 6.19. The Labute approximate surface area is 281 Å². The molecule has 3 nitrogen and oxygen atoms in total. The molecule has 0 amide bonds. The van der Waals surface area contributed by atoms with Crippen LogP contribution < -0.4 is 5.32 Å². The zero-order valence-electron chi connectivity index (χ0n) is 27.1. The fourth-order valence-corrected chi connectivity index (χ4v) is 7.84. The lowest BCUT2D eigenvalue weighted by molar-refractivity contribution is 0.474. The zero-order valence-corrected chi connectivity index (χ0v) is 27.1. The summed E-state index contributed by atoms with van der Waals surface area (Å²) in [5.74, 6) is 0.904. The molecule has 48 heavy (non-hydrogen) atoms. The number of rotatable bonds is 7. The molecule has 3 heteroatoms. The standard InChI is InChI=1S/C45H37N3/c1-31-34(17-13-23-37(31)33-15-4-2-5-16-33)30-46-29-32-14-12-20-36(26-32)48-43-25-11-9-22-39(43)41-27-40-38-21-8-10-24-42(38)47(44(40)28-45(41)48)35-18-6-3-7-19-35/h2-28,31,34,46H,29-30H2,1H3. The molecule has 2 aromatic heterocycles. The highest BCUT2D eigenvalue weighted by Gasteiger charge is 2.22. The Morgan fingerprint density at radius 1 is 0.542 bits per heavy atom. The van der Waals surface area contributed by atoms with Crippen molar-refractivity contribution in [3.05, 3.63) is 175 Å². The van der Waals surface area contributed by atoms with Crippen LogP contribution in [0.2, 0.25) is 0 Å². The first kappa shape index (κ1) is 28.6. The van der Waals surface area contributed by atoms with Gasteiger partial charge in [0.2, 0.25) is 0 Å². The number of benzene rings is 6. The van der Waals surface area contributed by atoms with E-state index in [4.69, 9.17) is 0 Å². The molecule has 0 spiro atoms. The second-order valence-corrected chi connectivity index (χ2v) is 13.1. The zero-order chi connectivity index (χ0) is 32.0. The third kappa shape index (κ3) is 4.78. The predicted molar refractivity (Wildman–Crippen MR) is 203 cm³/mol. The first-order valence-corrected chi connectivity index (χ1v) is 17.0. The van der Waals surface area contributed by atoms with E-state index in [1.54, 1.807) is 0 Å². The van der Waals surface area contributed by atoms with E-state index in [1.807, 2.05) is 0 Å². The first-order chi connectivity index (χ1) is 23.7. The van der Waals surface area contributed by atoms with E-state index in [0.717, 1.165) is 13.1 Å². The third-order valence-electron chi connectivity index (χ3n) is 10.2. The molecule has 0 saturated carbocycles. The number of para-hydroxylation sites is 3. The summed E-state index contributed by atoms with van der Waals surface area (Å²) in [6.45, 7) is 4.11. The summed E-state index contributed by atoms with van der Waals surface area (Å²) >= 11 is 0. The van der Waals surface area contributed by atoms with Crippen LogP contribution in [-0.4, -0.2) is 15.7 Å². The van der Waals surface area contributed by atoms with Gasteiger partial charge in [0.1, 0.15) is 0 Å². The topological polar surface area (TPSA) is 21.9 Å². The van der Waals surface area contributed by atoms with Gasteiger partial charge in [-0.3, -0.25) is 0 Å². The molecule has 2 unspecified atom stereocenters. The number of hydrogen-bond acceptors (Lipinski definition) is 1. The normalized spacial score (nSPS) is 16.3. The average Bonchev–Trinajstić information content (AvgIpc) is 3.64. The molecule has 9 rings (SSSR count). The van der Waals surface area contributed by atoms with Crippen LogP contribution >= 0.6 is 0 Å². The summed E-state index contributed by atoms with van der Waals surface area (Å²) in [5.41, 5.74) is 11.3. The second-order valence-electron chi connectivity index (χ2n) is 13.1. The van der Waals surface area contributed by atoms with Gasteiger partial charge >= 0.3 is 0 Å². The van der Waals surface area contributed by atoms with Gasteiger partial charge in [0.05, 0.1) is 22.1 Å². The molecule has 1 aliphatic rings. The Bertz CT molecular complexity index is 2500. The summed E-state index contributed by atoms with van der Waals surface area (Å²) in [5, 5.41) is 8.89. The SMILES string of the molecule is CC1C(c2ccccc2)=CC=CC1CNCc1cccc(-n2c3ccccc3c3cc4c5ccccc5n(-c5ccccc5)c4cc32)c1. The molecule has 0 aliphatic heterocycles. The molecule has 0 saturated heterocycles. The molecule has 6 aromatic carbocycles. The van der Waals surface area contributed by atoms with Crippen molar-refractivity contribution < 1.29 is 0 Å². The largest absolute Gasteiger partial charge is 0.312 e. The van der Waals surface area contributed by atoms with Crippen LogP contribution in [0.25, 0.3) is 60.6 Å². The average molecular weight is 620 g/mol. The number of aromatic nitrogens is 2. The molecule has 0 bridgehead atoms. The number of fused-ring (bicyclic) bond motifs is 6. The number of hydrogen-bond donors (Lipinski definition) is 1. The summed E-state index contributed by atoms with van der Waals surface area (Å²) in [6, 6.07) is 53.0. The fourth-order valence-electron chi connectivity index (χ4n) is 7.84. The molecule has 2 heterocycles. The van der Waals surface area contributed by atoms with Crippen LogP contribution in [0.3, 0.4) is 0 Å². The lowest BCUT2D eigenvalue weighted by Crippen LogP contribution is -2.27. The molecule has 0 radical (unpaired) electrons. The van der Waals surface area contributed by atoms with Gasteiger partial charge in [-0.2, -0.15) is 0 Å². The van der Waals surface area contributed by atoms with E-state index < -0.39 is 0 Å². The van der Waals surface area contributed by atoms with Crippen LogP contribution in [-0.2, 0) is 6.54 Å². The van der Waals surface area contributed by atoms with Crippen LogP contribution in [0.15, 0.2) is 164 Å². The van der Waals surface area contributed by atoms with Crippen LogP contribution in [0.5, 0.6) is 0 Å². The van der Waals surface area contributed by atoms with Gasteiger partial charge in [-0.1, -0.05) is 122 Å². The highest BCUT2D eigenvalue weighted by Crippen LogP contribution is 2.39. The van der Waals surface area contributed by atoms with Gasteiger partial charge in [-0.05, 0) is 77.1 Å². The second kappa shape index (κ2) is 11.9. The van der Waals surface area contributed by atoms with Crippen molar-refractivity contribution in [3.8, 4) is 11.4 Å². The maximum Gasteiger partial charge on any atom is 0.0562 e. The molecule has 2 atom stereocenters. The van der Waals surface area contributed by atoms with Crippen molar-refractivity contribution in [2.75, 3.05) is 6.54 Å². The van der Waals surface area contributed by atoms with Crippen molar-refractivity contribution in [1.29, 1.82) is 0 Å². The summed E-state index contributed by atoms with van der Waals surface area (Å²) in [4.78, 5) is 0. The van der Waals surface area contributed by atoms with E-state index in [9.17, 15) is 0 Å². The van der Waals surface area contributed by atoms with Crippen molar-refractivity contribution in [2.45, 2.75) is 13.5 Å². The fraction of sp³-hybridized carbons (Fsp3) is 0.111. The maximum atomic E-state index is 3.79. The van der Waals surface area contributed by atoms with Crippen molar-refractivity contribution in [3.63, 3.8) is 0 Å². The number of allylic oxidation sites excluding steroid dienone is 3. The van der Waals surface area contributed by atoms with Gasteiger partial charge in [-0.25, -0.2) is 0 Å². The maximum absolute atomic E-state index is 3.79. The smallest absolute Gasteiger partial charge is 0.0562 e. The van der Waals surface area contributed by atoms with E-state index >= 15 is 0 Å². The molecule has 1 N–H and O–H groups in total. The minimum absolute atomic E-state index is 0.449. The minimum atomic E-state index is 0.449. The van der Waals surface area contributed by atoms with Crippen molar-refractivity contribution in [2.24, 2.45) is 11.8 Å². The van der Waals surface area contributed by atoms with Gasteiger partial charge in [-0.15, -0.1) is 0 Å². The molecular formula is C45H37N3. The van der Waals surface area contributed by atoms with Gasteiger partial charge < -0.3 is 14.5 Å². The molecular weight excluding hydrogens is 583 g/mol. The highest BCUT2D eigenvalue weighted by atomic mass is 15.0. The lowest BCUT2D eigenvalue weighted by atomic mass is 9.80. The van der Waals surface area contributed by atoms with Gasteiger partial charge in [0.15, 0.2) is 0 Å². The van der Waals surface area contributed by atoms with E-state index in [1.165, 1.54) is 71.7 Å². The quantitative estimate of drug-likeness (QED) is 0.188. The third-order valence-corrected chi connectivity index (χ3v) is 10.2. The Hall–Kier alpha value is -5.64. The molecule has 232 valence electrons.